The number of aliphatic hydroxyl groups is 1. The molecule has 0 saturated carbocycles. The Balaban J connectivity index is 2.42. The first-order chi connectivity index (χ1) is 8.67. The third-order valence-electron chi connectivity index (χ3n) is 2.81. The van der Waals surface area contributed by atoms with Crippen LogP contribution in [0.3, 0.4) is 0 Å². The number of nitrogens with zero attached hydrogens (tertiary/aromatic N) is 4. The molecule has 0 fully saturated rings. The summed E-state index contributed by atoms with van der Waals surface area (Å²) in [7, 11) is 1.41. The molecule has 0 radical (unpaired) electrons. The van der Waals surface area contributed by atoms with E-state index in [-0.39, 0.29) is 16.4 Å². The Kier molecular flexibility index (Phi) is 2.89. The molecule has 2 heterocycles. The average molecular weight is 276 g/mol. The van der Waals surface area contributed by atoms with Crippen LogP contribution in [0.25, 0.3) is 0 Å². The number of hydrogen-bond acceptors (Lipinski definition) is 4. The predicted octanol–water partition coefficient (Wildman–Crippen LogP) is 0.893. The van der Waals surface area contributed by atoms with E-state index >= 15 is 0 Å². The van der Waals surface area contributed by atoms with E-state index in [1.54, 1.807) is 0 Å². The van der Waals surface area contributed by atoms with Gasteiger partial charge in [-0.15, -0.1) is 0 Å². The summed E-state index contributed by atoms with van der Waals surface area (Å²) in [5.41, 5.74) is -3.38. The fourth-order valence-electron chi connectivity index (χ4n) is 1.85. The molecule has 0 bridgehead atoms. The molecule has 1 N–H and O–H groups in total. The van der Waals surface area contributed by atoms with Gasteiger partial charge in [-0.25, -0.2) is 0 Å². The number of aromatic nitrogens is 2. The molecule has 0 aromatic carbocycles. The SMILES string of the molecule is CC1=NN(C(=O)c2ccnn2C)[C@](O)(C(F)(F)F)C1. The molecule has 1 amide bonds. The summed E-state index contributed by atoms with van der Waals surface area (Å²) >= 11 is 0. The minimum atomic E-state index is -5.00. The molecule has 2 rings (SSSR count). The van der Waals surface area contributed by atoms with Crippen LogP contribution in [0.2, 0.25) is 0 Å². The van der Waals surface area contributed by atoms with Gasteiger partial charge in [0.1, 0.15) is 5.69 Å². The number of amides is 1. The summed E-state index contributed by atoms with van der Waals surface area (Å²) in [6.45, 7) is 1.31. The molecule has 1 aliphatic heterocycles. The molecular weight excluding hydrogens is 265 g/mol. The lowest BCUT2D eigenvalue weighted by Crippen LogP contribution is -2.56. The second kappa shape index (κ2) is 4.05. The lowest BCUT2D eigenvalue weighted by molar-refractivity contribution is -0.297. The van der Waals surface area contributed by atoms with E-state index in [4.69, 9.17) is 0 Å². The van der Waals surface area contributed by atoms with Crippen LogP contribution in [-0.4, -0.2) is 43.4 Å². The Morgan fingerprint density at radius 2 is 2.16 bits per heavy atom. The van der Waals surface area contributed by atoms with E-state index < -0.39 is 24.2 Å². The van der Waals surface area contributed by atoms with Gasteiger partial charge in [0, 0.05) is 25.4 Å². The van der Waals surface area contributed by atoms with Crippen LogP contribution in [0.5, 0.6) is 0 Å². The molecule has 1 aromatic heterocycles. The van der Waals surface area contributed by atoms with Crippen molar-refractivity contribution in [2.75, 3.05) is 0 Å². The minimum Gasteiger partial charge on any atom is -0.362 e. The van der Waals surface area contributed by atoms with Crippen molar-refractivity contribution < 1.29 is 23.1 Å². The zero-order valence-electron chi connectivity index (χ0n) is 10.1. The fourth-order valence-corrected chi connectivity index (χ4v) is 1.85. The molecular formula is C10H11F3N4O2. The van der Waals surface area contributed by atoms with Crippen LogP contribution in [0, 0.1) is 0 Å². The summed E-state index contributed by atoms with van der Waals surface area (Å²) in [6, 6.07) is 1.25. The predicted molar refractivity (Wildman–Crippen MR) is 58.1 cm³/mol. The van der Waals surface area contributed by atoms with Gasteiger partial charge in [0.2, 0.25) is 0 Å². The Morgan fingerprint density at radius 1 is 1.53 bits per heavy atom. The number of hydrazone groups is 1. The fraction of sp³-hybridized carbons (Fsp3) is 0.500. The molecule has 0 saturated heterocycles. The monoisotopic (exact) mass is 276 g/mol. The smallest absolute Gasteiger partial charge is 0.362 e. The highest BCUT2D eigenvalue weighted by Crippen LogP contribution is 2.40. The van der Waals surface area contributed by atoms with Crippen LogP contribution in [-0.2, 0) is 7.05 Å². The van der Waals surface area contributed by atoms with Crippen molar-refractivity contribution in [3.63, 3.8) is 0 Å². The van der Waals surface area contributed by atoms with E-state index in [0.29, 0.717) is 0 Å². The summed E-state index contributed by atoms with van der Waals surface area (Å²) < 4.78 is 39.9. The topological polar surface area (TPSA) is 70.7 Å². The Hall–Kier alpha value is -1.90. The number of hydrogen-bond donors (Lipinski definition) is 1. The van der Waals surface area contributed by atoms with Crippen LogP contribution in [0.15, 0.2) is 17.4 Å². The second-order valence-corrected chi connectivity index (χ2v) is 4.28. The molecule has 1 aromatic rings. The van der Waals surface area contributed by atoms with Crippen LogP contribution in [0.4, 0.5) is 13.2 Å². The standard InChI is InChI=1S/C10H11F3N4O2/c1-6-5-9(19,10(11,12)13)17(15-6)8(18)7-3-4-14-16(7)2/h3-4,19H,5H2,1-2H3/t9-/m1/s1. The van der Waals surface area contributed by atoms with Crippen molar-refractivity contribution in [2.45, 2.75) is 25.2 Å². The van der Waals surface area contributed by atoms with Crippen molar-refractivity contribution in [3.8, 4) is 0 Å². The summed E-state index contributed by atoms with van der Waals surface area (Å²) in [4.78, 5) is 12.0. The van der Waals surface area contributed by atoms with E-state index in [1.807, 2.05) is 0 Å². The van der Waals surface area contributed by atoms with Gasteiger partial charge in [0.05, 0.1) is 0 Å². The molecule has 1 aliphatic rings. The molecule has 9 heteroatoms. The normalized spacial score (nSPS) is 23.7. The first-order valence-corrected chi connectivity index (χ1v) is 5.32. The van der Waals surface area contributed by atoms with Crippen LogP contribution < -0.4 is 0 Å². The number of aryl methyl sites for hydroxylation is 1. The van der Waals surface area contributed by atoms with Gasteiger partial charge in [-0.3, -0.25) is 9.48 Å². The highest BCUT2D eigenvalue weighted by Gasteiger charge is 2.62. The van der Waals surface area contributed by atoms with E-state index in [1.165, 1.54) is 26.2 Å². The number of halogens is 3. The van der Waals surface area contributed by atoms with Gasteiger partial charge in [-0.1, -0.05) is 0 Å². The molecule has 6 nitrogen and oxygen atoms in total. The average Bonchev–Trinajstić information content (AvgIpc) is 2.81. The van der Waals surface area contributed by atoms with Crippen molar-refractivity contribution in [2.24, 2.45) is 12.1 Å². The largest absolute Gasteiger partial charge is 0.438 e. The lowest BCUT2D eigenvalue weighted by atomic mass is 10.1. The quantitative estimate of drug-likeness (QED) is 0.828. The Morgan fingerprint density at radius 3 is 2.63 bits per heavy atom. The molecule has 19 heavy (non-hydrogen) atoms. The van der Waals surface area contributed by atoms with Gasteiger partial charge in [-0.05, 0) is 13.0 Å². The number of carbonyl (C=O) groups excluding carboxylic acids is 1. The van der Waals surface area contributed by atoms with Crippen molar-refractivity contribution >= 4 is 11.6 Å². The van der Waals surface area contributed by atoms with Crippen molar-refractivity contribution in [3.05, 3.63) is 18.0 Å². The minimum absolute atomic E-state index is 0.0235. The Bertz CT molecular complexity index is 551. The van der Waals surface area contributed by atoms with Gasteiger partial charge in [-0.2, -0.15) is 28.4 Å². The van der Waals surface area contributed by atoms with E-state index in [0.717, 1.165) is 4.68 Å². The first kappa shape index (κ1) is 13.5. The second-order valence-electron chi connectivity index (χ2n) is 4.28. The first-order valence-electron chi connectivity index (χ1n) is 5.32. The van der Waals surface area contributed by atoms with Crippen LogP contribution >= 0.6 is 0 Å². The highest BCUT2D eigenvalue weighted by atomic mass is 19.4. The van der Waals surface area contributed by atoms with Gasteiger partial charge < -0.3 is 5.11 Å². The molecule has 104 valence electrons. The van der Waals surface area contributed by atoms with Gasteiger partial charge >= 0.3 is 6.18 Å². The highest BCUT2D eigenvalue weighted by molar-refractivity contribution is 5.96. The maximum atomic E-state index is 12.9. The van der Waals surface area contributed by atoms with Crippen molar-refractivity contribution in [1.29, 1.82) is 0 Å². The summed E-state index contributed by atoms with van der Waals surface area (Å²) in [6.07, 6.45) is -4.49. The molecule has 1 atom stereocenters. The zero-order chi connectivity index (χ0) is 14.4. The number of rotatable bonds is 1. The Labute approximate surface area is 106 Å². The number of alkyl halides is 3. The lowest BCUT2D eigenvalue weighted by Gasteiger charge is -2.32. The molecule has 0 unspecified atom stereocenters. The third-order valence-corrected chi connectivity index (χ3v) is 2.81. The van der Waals surface area contributed by atoms with Gasteiger partial charge in [0.15, 0.2) is 0 Å². The molecule has 0 aliphatic carbocycles. The maximum Gasteiger partial charge on any atom is 0.438 e. The maximum absolute atomic E-state index is 12.9. The van der Waals surface area contributed by atoms with Gasteiger partial charge in [0.25, 0.3) is 11.6 Å². The van der Waals surface area contributed by atoms with Crippen molar-refractivity contribution in [1.82, 2.24) is 14.8 Å². The third kappa shape index (κ3) is 1.99. The molecule has 0 spiro atoms. The number of carbonyl (C=O) groups is 1. The van der Waals surface area contributed by atoms with Crippen LogP contribution in [0.1, 0.15) is 23.8 Å². The summed E-state index contributed by atoms with van der Waals surface area (Å²) in [5.74, 6) is -1.06. The zero-order valence-corrected chi connectivity index (χ0v) is 10.1. The summed E-state index contributed by atoms with van der Waals surface area (Å²) in [5, 5.41) is 17.0. The van der Waals surface area contributed by atoms with E-state index in [9.17, 15) is 23.1 Å². The van der Waals surface area contributed by atoms with E-state index in [2.05, 4.69) is 10.2 Å².